The minimum absolute atomic E-state index is 0.00725. The first-order chi connectivity index (χ1) is 10.8. The number of nitrogens with one attached hydrogen (secondary N) is 1. The number of aromatic amines is 1. The molecule has 3 nitrogen and oxygen atoms in total. The van der Waals surface area contributed by atoms with E-state index in [1.165, 1.54) is 24.4 Å². The summed E-state index contributed by atoms with van der Waals surface area (Å²) in [5.41, 5.74) is -1.52. The van der Waals surface area contributed by atoms with Gasteiger partial charge in [-0.15, -0.1) is 0 Å². The molecular weight excluding hydrogens is 336 g/mol. The fraction of sp³-hybridized carbons (Fsp3) is 0.0667. The van der Waals surface area contributed by atoms with Crippen molar-refractivity contribution in [2.24, 2.45) is 0 Å². The fourth-order valence-electron chi connectivity index (χ4n) is 2.18. The summed E-state index contributed by atoms with van der Waals surface area (Å²) in [7, 11) is 0. The van der Waals surface area contributed by atoms with Gasteiger partial charge in [-0.25, -0.2) is 9.37 Å². The molecule has 0 atom stereocenters. The number of hydrogen-bond donors (Lipinski definition) is 1. The fourth-order valence-corrected chi connectivity index (χ4v) is 2.34. The van der Waals surface area contributed by atoms with E-state index in [2.05, 4.69) is 9.97 Å². The summed E-state index contributed by atoms with van der Waals surface area (Å²) in [6.45, 7) is 0. The SMILES string of the molecule is O=C(c1cccc(C(F)(F)F)n1)c1c[nH]c2c(F)c(Cl)ccc12. The number of alkyl halides is 3. The highest BCUT2D eigenvalue weighted by atomic mass is 35.5. The zero-order valence-electron chi connectivity index (χ0n) is 11.2. The Labute approximate surface area is 131 Å². The Bertz CT molecular complexity index is 917. The maximum absolute atomic E-state index is 13.9. The number of nitrogens with zero attached hydrogens (tertiary/aromatic N) is 1. The summed E-state index contributed by atoms with van der Waals surface area (Å²) in [6, 6.07) is 5.71. The number of H-pyrrole nitrogens is 1. The first-order valence-electron chi connectivity index (χ1n) is 6.33. The lowest BCUT2D eigenvalue weighted by Crippen LogP contribution is -2.12. The molecule has 3 aromatic rings. The predicted octanol–water partition coefficient (Wildman–Crippen LogP) is 4.61. The van der Waals surface area contributed by atoms with Crippen molar-refractivity contribution in [1.29, 1.82) is 0 Å². The molecule has 3 rings (SSSR count). The molecule has 2 aromatic heterocycles. The number of fused-ring (bicyclic) bond motifs is 1. The molecular formula is C15H7ClF4N2O. The maximum Gasteiger partial charge on any atom is 0.433 e. The largest absolute Gasteiger partial charge is 0.433 e. The number of benzene rings is 1. The number of hydrogen-bond acceptors (Lipinski definition) is 2. The second-order valence-electron chi connectivity index (χ2n) is 4.72. The molecule has 0 aliphatic heterocycles. The van der Waals surface area contributed by atoms with Crippen LogP contribution in [0.15, 0.2) is 36.5 Å². The van der Waals surface area contributed by atoms with Gasteiger partial charge < -0.3 is 4.98 Å². The van der Waals surface area contributed by atoms with Gasteiger partial charge in [-0.2, -0.15) is 13.2 Å². The number of ketones is 1. The normalized spacial score (nSPS) is 11.9. The van der Waals surface area contributed by atoms with Crippen molar-refractivity contribution in [1.82, 2.24) is 9.97 Å². The van der Waals surface area contributed by atoms with Gasteiger partial charge in [0.25, 0.3) is 0 Å². The van der Waals surface area contributed by atoms with E-state index in [0.717, 1.165) is 12.1 Å². The van der Waals surface area contributed by atoms with E-state index in [1.54, 1.807) is 0 Å². The summed E-state index contributed by atoms with van der Waals surface area (Å²) in [6.07, 6.45) is -3.44. The lowest BCUT2D eigenvalue weighted by Gasteiger charge is -2.06. The quantitative estimate of drug-likeness (QED) is 0.546. The molecule has 0 saturated heterocycles. The molecule has 23 heavy (non-hydrogen) atoms. The zero-order chi connectivity index (χ0) is 16.8. The van der Waals surface area contributed by atoms with Crippen LogP contribution in [-0.2, 0) is 6.18 Å². The maximum atomic E-state index is 13.9. The van der Waals surface area contributed by atoms with Crippen LogP contribution in [0.4, 0.5) is 17.6 Å². The van der Waals surface area contributed by atoms with Gasteiger partial charge in [0, 0.05) is 17.1 Å². The smallest absolute Gasteiger partial charge is 0.358 e. The molecule has 0 aliphatic carbocycles. The molecule has 0 bridgehead atoms. The molecule has 0 radical (unpaired) electrons. The first kappa shape index (κ1) is 15.5. The number of pyridine rings is 1. The molecule has 1 N–H and O–H groups in total. The van der Waals surface area contributed by atoms with E-state index >= 15 is 0 Å². The van der Waals surface area contributed by atoms with E-state index in [0.29, 0.717) is 0 Å². The number of carbonyl (C=O) groups excluding carboxylic acids is 1. The van der Waals surface area contributed by atoms with Crippen molar-refractivity contribution in [3.05, 3.63) is 64.3 Å². The Hall–Kier alpha value is -2.41. The zero-order valence-corrected chi connectivity index (χ0v) is 12.0. The van der Waals surface area contributed by atoms with Gasteiger partial charge in [0.1, 0.15) is 11.4 Å². The predicted molar refractivity (Wildman–Crippen MR) is 75.9 cm³/mol. The van der Waals surface area contributed by atoms with Crippen LogP contribution < -0.4 is 0 Å². The Morgan fingerprint density at radius 1 is 1.17 bits per heavy atom. The highest BCUT2D eigenvalue weighted by molar-refractivity contribution is 6.31. The Balaban J connectivity index is 2.10. The van der Waals surface area contributed by atoms with E-state index in [-0.39, 0.29) is 27.2 Å². The third-order valence-corrected chi connectivity index (χ3v) is 3.55. The minimum Gasteiger partial charge on any atom is -0.358 e. The van der Waals surface area contributed by atoms with Gasteiger partial charge >= 0.3 is 6.18 Å². The van der Waals surface area contributed by atoms with E-state index in [4.69, 9.17) is 11.6 Å². The molecule has 118 valence electrons. The van der Waals surface area contributed by atoms with Crippen molar-refractivity contribution in [3.8, 4) is 0 Å². The number of aromatic nitrogens is 2. The third kappa shape index (κ3) is 2.68. The number of rotatable bonds is 2. The minimum atomic E-state index is -4.66. The van der Waals surface area contributed by atoms with Crippen LogP contribution in [0, 0.1) is 5.82 Å². The van der Waals surface area contributed by atoms with Gasteiger partial charge in [-0.05, 0) is 18.2 Å². The molecule has 0 saturated carbocycles. The molecule has 1 aromatic carbocycles. The first-order valence-corrected chi connectivity index (χ1v) is 6.71. The van der Waals surface area contributed by atoms with E-state index in [9.17, 15) is 22.4 Å². The summed E-state index contributed by atoms with van der Waals surface area (Å²) < 4.78 is 51.9. The summed E-state index contributed by atoms with van der Waals surface area (Å²) in [4.78, 5) is 18.3. The second kappa shape index (κ2) is 5.34. The van der Waals surface area contributed by atoms with Crippen molar-refractivity contribution in [3.63, 3.8) is 0 Å². The average Bonchev–Trinajstić information content (AvgIpc) is 2.94. The van der Waals surface area contributed by atoms with Gasteiger partial charge in [-0.1, -0.05) is 23.7 Å². The standard InChI is InChI=1S/C15H7ClF4N2O/c16-9-5-4-7-8(6-21-13(7)12(9)17)14(23)10-2-1-3-11(22-10)15(18,19)20/h1-6,21H. The second-order valence-corrected chi connectivity index (χ2v) is 5.13. The molecule has 2 heterocycles. The summed E-state index contributed by atoms with van der Waals surface area (Å²) in [5.74, 6) is -1.48. The number of carbonyl (C=O) groups is 1. The average molecular weight is 343 g/mol. The highest BCUT2D eigenvalue weighted by Gasteiger charge is 2.33. The molecule has 0 aliphatic rings. The monoisotopic (exact) mass is 342 g/mol. The van der Waals surface area contributed by atoms with Gasteiger partial charge in [-0.3, -0.25) is 4.79 Å². The summed E-state index contributed by atoms with van der Waals surface area (Å²) in [5, 5.41) is 0.0895. The van der Waals surface area contributed by atoms with Crippen LogP contribution in [-0.4, -0.2) is 15.8 Å². The third-order valence-electron chi connectivity index (χ3n) is 3.26. The highest BCUT2D eigenvalue weighted by Crippen LogP contribution is 2.29. The van der Waals surface area contributed by atoms with Crippen LogP contribution >= 0.6 is 11.6 Å². The van der Waals surface area contributed by atoms with Crippen LogP contribution in [0.1, 0.15) is 21.7 Å². The van der Waals surface area contributed by atoms with E-state index in [1.807, 2.05) is 0 Å². The Kier molecular flexibility index (Phi) is 3.60. The topological polar surface area (TPSA) is 45.8 Å². The van der Waals surface area contributed by atoms with Crippen molar-refractivity contribution >= 4 is 28.3 Å². The van der Waals surface area contributed by atoms with Gasteiger partial charge in [0.2, 0.25) is 5.78 Å². The van der Waals surface area contributed by atoms with Crippen molar-refractivity contribution < 1.29 is 22.4 Å². The lowest BCUT2D eigenvalue weighted by atomic mass is 10.1. The van der Waals surface area contributed by atoms with Gasteiger partial charge in [0.05, 0.1) is 10.5 Å². The van der Waals surface area contributed by atoms with Crippen LogP contribution in [0.25, 0.3) is 10.9 Å². The molecule has 0 spiro atoms. The van der Waals surface area contributed by atoms with Crippen molar-refractivity contribution in [2.45, 2.75) is 6.18 Å². The molecule has 0 fully saturated rings. The molecule has 0 unspecified atom stereocenters. The lowest BCUT2D eigenvalue weighted by molar-refractivity contribution is -0.141. The van der Waals surface area contributed by atoms with Crippen LogP contribution in [0.5, 0.6) is 0 Å². The van der Waals surface area contributed by atoms with Crippen molar-refractivity contribution in [2.75, 3.05) is 0 Å². The Morgan fingerprint density at radius 3 is 2.61 bits per heavy atom. The molecule has 0 amide bonds. The molecule has 8 heteroatoms. The van der Waals surface area contributed by atoms with Gasteiger partial charge in [0.15, 0.2) is 5.82 Å². The number of halogens is 5. The van der Waals surface area contributed by atoms with Crippen LogP contribution in [0.3, 0.4) is 0 Å². The summed E-state index contributed by atoms with van der Waals surface area (Å²) >= 11 is 5.65. The van der Waals surface area contributed by atoms with Crippen LogP contribution in [0.2, 0.25) is 5.02 Å². The van der Waals surface area contributed by atoms with E-state index < -0.39 is 23.5 Å². The Morgan fingerprint density at radius 2 is 1.91 bits per heavy atom.